The zero-order valence-corrected chi connectivity index (χ0v) is 15.0. The van der Waals surface area contributed by atoms with Gasteiger partial charge in [-0.3, -0.25) is 4.79 Å². The second-order valence-electron chi connectivity index (χ2n) is 4.22. The summed E-state index contributed by atoms with van der Waals surface area (Å²) < 4.78 is 7.21. The molecule has 2 aromatic rings. The van der Waals surface area contributed by atoms with Gasteiger partial charge in [0.2, 0.25) is 5.91 Å². The first kappa shape index (κ1) is 17.1. The number of carbonyl (C=O) groups excluding carboxylic acids is 1. The lowest BCUT2D eigenvalue weighted by molar-refractivity contribution is -0.115. The number of aromatic nitrogens is 2. The van der Waals surface area contributed by atoms with Gasteiger partial charge in [0, 0.05) is 0 Å². The number of thioether (sulfide) groups is 2. The number of nitrogens with zero attached hydrogens (tertiary/aromatic N) is 2. The molecule has 22 heavy (non-hydrogen) atoms. The van der Waals surface area contributed by atoms with E-state index in [1.54, 1.807) is 11.8 Å². The molecule has 0 bridgehead atoms. The van der Waals surface area contributed by atoms with Crippen LogP contribution in [0.1, 0.15) is 13.8 Å². The van der Waals surface area contributed by atoms with Gasteiger partial charge in [0.05, 0.1) is 17.5 Å². The fourth-order valence-corrected chi connectivity index (χ4v) is 4.20. The number of benzene rings is 1. The Labute approximate surface area is 142 Å². The molecule has 0 saturated carbocycles. The first-order valence-corrected chi connectivity index (χ1v) is 9.63. The number of hydrogen-bond donors (Lipinski definition) is 1. The fraction of sp³-hybridized carbons (Fsp3) is 0.357. The molecular formula is C14H17N3O2S3. The van der Waals surface area contributed by atoms with E-state index in [9.17, 15) is 4.79 Å². The van der Waals surface area contributed by atoms with Gasteiger partial charge in [-0.1, -0.05) is 47.0 Å². The number of para-hydroxylation sites is 2. The number of rotatable bonds is 7. The zero-order valence-electron chi connectivity index (χ0n) is 12.5. The number of hydrogen-bond acceptors (Lipinski definition) is 7. The summed E-state index contributed by atoms with van der Waals surface area (Å²) in [7, 11) is 0. The Morgan fingerprint density at radius 1 is 1.36 bits per heavy atom. The van der Waals surface area contributed by atoms with Crippen molar-refractivity contribution in [1.82, 2.24) is 10.2 Å². The molecule has 0 spiro atoms. The Bertz CT molecular complexity index is 633. The normalized spacial score (nSPS) is 12.0. The second-order valence-corrected chi connectivity index (χ2v) is 7.84. The van der Waals surface area contributed by atoms with E-state index in [1.807, 2.05) is 44.4 Å². The number of nitrogens with one attached hydrogen (secondary N) is 1. The van der Waals surface area contributed by atoms with E-state index < -0.39 is 0 Å². The summed E-state index contributed by atoms with van der Waals surface area (Å²) in [4.78, 5) is 12.3. The second kappa shape index (κ2) is 8.40. The van der Waals surface area contributed by atoms with Crippen molar-refractivity contribution in [2.75, 3.05) is 18.2 Å². The van der Waals surface area contributed by atoms with Gasteiger partial charge in [0.1, 0.15) is 5.75 Å². The van der Waals surface area contributed by atoms with Gasteiger partial charge in [-0.2, -0.15) is 0 Å². The minimum absolute atomic E-state index is 0.0851. The van der Waals surface area contributed by atoms with E-state index in [0.717, 1.165) is 8.68 Å². The van der Waals surface area contributed by atoms with E-state index in [4.69, 9.17) is 4.74 Å². The Balaban J connectivity index is 1.99. The molecule has 0 aliphatic heterocycles. The number of anilines is 1. The summed E-state index contributed by atoms with van der Waals surface area (Å²) in [5.41, 5.74) is 0.684. The SMILES string of the molecule is CCOc1ccccc1NC(=O)C(C)Sc1nnc(SC)s1. The summed E-state index contributed by atoms with van der Waals surface area (Å²) in [5, 5.41) is 10.7. The molecule has 1 aromatic carbocycles. The fourth-order valence-electron chi connectivity index (χ4n) is 1.62. The average molecular weight is 356 g/mol. The van der Waals surface area contributed by atoms with E-state index in [0.29, 0.717) is 18.0 Å². The lowest BCUT2D eigenvalue weighted by atomic mass is 10.3. The van der Waals surface area contributed by atoms with Crippen molar-refractivity contribution < 1.29 is 9.53 Å². The van der Waals surface area contributed by atoms with E-state index in [1.165, 1.54) is 23.1 Å². The van der Waals surface area contributed by atoms with Crippen LogP contribution in [0.5, 0.6) is 5.75 Å². The standard InChI is InChI=1S/C14H17N3O2S3/c1-4-19-11-8-6-5-7-10(11)15-12(18)9(2)21-14-17-16-13(20-3)22-14/h5-9H,4H2,1-3H3,(H,15,18). The van der Waals surface area contributed by atoms with E-state index in [-0.39, 0.29) is 11.2 Å². The van der Waals surface area contributed by atoms with Gasteiger partial charge >= 0.3 is 0 Å². The highest BCUT2D eigenvalue weighted by Gasteiger charge is 2.18. The largest absolute Gasteiger partial charge is 0.492 e. The average Bonchev–Trinajstić information content (AvgIpc) is 2.97. The molecule has 1 heterocycles. The van der Waals surface area contributed by atoms with Gasteiger partial charge in [-0.05, 0) is 32.2 Å². The van der Waals surface area contributed by atoms with Crippen LogP contribution in [-0.4, -0.2) is 34.2 Å². The van der Waals surface area contributed by atoms with Crippen LogP contribution in [0.25, 0.3) is 0 Å². The van der Waals surface area contributed by atoms with Crippen molar-refractivity contribution in [3.8, 4) is 5.75 Å². The van der Waals surface area contributed by atoms with Crippen LogP contribution < -0.4 is 10.1 Å². The minimum Gasteiger partial charge on any atom is -0.492 e. The smallest absolute Gasteiger partial charge is 0.237 e. The third-order valence-corrected chi connectivity index (χ3v) is 5.74. The van der Waals surface area contributed by atoms with Crippen LogP contribution in [0.15, 0.2) is 32.9 Å². The van der Waals surface area contributed by atoms with E-state index >= 15 is 0 Å². The first-order chi connectivity index (χ1) is 10.6. The molecule has 1 unspecified atom stereocenters. The summed E-state index contributed by atoms with van der Waals surface area (Å²) in [5.74, 6) is 0.592. The molecule has 118 valence electrons. The topological polar surface area (TPSA) is 64.1 Å². The molecule has 1 amide bonds. The van der Waals surface area contributed by atoms with Gasteiger partial charge in [0.25, 0.3) is 0 Å². The summed E-state index contributed by atoms with van der Waals surface area (Å²) in [6.45, 7) is 4.32. The highest BCUT2D eigenvalue weighted by Crippen LogP contribution is 2.31. The Kier molecular flexibility index (Phi) is 6.53. The predicted octanol–water partition coefficient (Wildman–Crippen LogP) is 3.78. The van der Waals surface area contributed by atoms with Crippen LogP contribution in [0, 0.1) is 0 Å². The van der Waals surface area contributed by atoms with Crippen molar-refractivity contribution in [3.05, 3.63) is 24.3 Å². The first-order valence-electron chi connectivity index (χ1n) is 6.71. The molecule has 1 atom stereocenters. The molecule has 1 aromatic heterocycles. The third kappa shape index (κ3) is 4.62. The van der Waals surface area contributed by atoms with Crippen molar-refractivity contribution >= 4 is 46.5 Å². The summed E-state index contributed by atoms with van der Waals surface area (Å²) in [6.07, 6.45) is 1.95. The monoisotopic (exact) mass is 355 g/mol. The van der Waals surface area contributed by atoms with Crippen molar-refractivity contribution in [3.63, 3.8) is 0 Å². The molecule has 2 rings (SSSR count). The number of amides is 1. The lowest BCUT2D eigenvalue weighted by Gasteiger charge is -2.13. The maximum absolute atomic E-state index is 12.3. The maximum Gasteiger partial charge on any atom is 0.237 e. The minimum atomic E-state index is -0.266. The Morgan fingerprint density at radius 2 is 2.09 bits per heavy atom. The molecule has 0 radical (unpaired) electrons. The van der Waals surface area contributed by atoms with Gasteiger partial charge in [-0.25, -0.2) is 0 Å². The molecule has 5 nitrogen and oxygen atoms in total. The summed E-state index contributed by atoms with van der Waals surface area (Å²) >= 11 is 4.45. The van der Waals surface area contributed by atoms with Crippen LogP contribution >= 0.6 is 34.9 Å². The third-order valence-electron chi connectivity index (χ3n) is 2.65. The molecule has 8 heteroatoms. The number of carbonyl (C=O) groups is 1. The van der Waals surface area contributed by atoms with Crippen LogP contribution in [0.3, 0.4) is 0 Å². The van der Waals surface area contributed by atoms with Gasteiger partial charge in [0.15, 0.2) is 8.68 Å². The van der Waals surface area contributed by atoms with Crippen molar-refractivity contribution in [2.24, 2.45) is 0 Å². The molecule has 1 N–H and O–H groups in total. The highest BCUT2D eigenvalue weighted by molar-refractivity contribution is 8.03. The molecule has 0 saturated heterocycles. The quantitative estimate of drug-likeness (QED) is 0.763. The molecule has 0 fully saturated rings. The Morgan fingerprint density at radius 3 is 2.77 bits per heavy atom. The van der Waals surface area contributed by atoms with Crippen molar-refractivity contribution in [1.29, 1.82) is 0 Å². The summed E-state index contributed by atoms with van der Waals surface area (Å²) in [6, 6.07) is 7.42. The number of ether oxygens (including phenoxy) is 1. The van der Waals surface area contributed by atoms with Crippen molar-refractivity contribution in [2.45, 2.75) is 27.8 Å². The van der Waals surface area contributed by atoms with Gasteiger partial charge < -0.3 is 10.1 Å². The van der Waals surface area contributed by atoms with E-state index in [2.05, 4.69) is 15.5 Å². The molecule has 0 aliphatic carbocycles. The lowest BCUT2D eigenvalue weighted by Crippen LogP contribution is -2.22. The van der Waals surface area contributed by atoms with Gasteiger partial charge in [-0.15, -0.1) is 10.2 Å². The molecular weight excluding hydrogens is 338 g/mol. The zero-order chi connectivity index (χ0) is 15.9. The maximum atomic E-state index is 12.3. The van der Waals surface area contributed by atoms with Crippen LogP contribution in [0.4, 0.5) is 5.69 Å². The van der Waals surface area contributed by atoms with Crippen LogP contribution in [0.2, 0.25) is 0 Å². The highest BCUT2D eigenvalue weighted by atomic mass is 32.2. The van der Waals surface area contributed by atoms with Crippen LogP contribution in [-0.2, 0) is 4.79 Å². The predicted molar refractivity (Wildman–Crippen MR) is 93.2 cm³/mol. The molecule has 0 aliphatic rings. The Hall–Kier alpha value is -1.25.